The molecular weight excluding hydrogens is 461 g/mol. The largest absolute Gasteiger partial charge is 0.376 e. The third-order valence-corrected chi connectivity index (χ3v) is 6.47. The molecule has 9 heteroatoms. The zero-order chi connectivity index (χ0) is 20.5. The summed E-state index contributed by atoms with van der Waals surface area (Å²) >= 11 is 4.51. The minimum Gasteiger partial charge on any atom is -0.376 e. The quantitative estimate of drug-likeness (QED) is 0.604. The van der Waals surface area contributed by atoms with E-state index in [1.165, 1.54) is 28.3 Å². The second kappa shape index (κ2) is 8.33. The first kappa shape index (κ1) is 20.2. The predicted molar refractivity (Wildman–Crippen MR) is 113 cm³/mol. The van der Waals surface area contributed by atoms with E-state index >= 15 is 0 Å². The molecule has 3 heterocycles. The normalized spacial score (nSPS) is 16.4. The van der Waals surface area contributed by atoms with E-state index in [9.17, 15) is 14.0 Å². The number of carbonyl (C=O) groups excluding carboxylic acids is 1. The number of hydrogen-bond donors (Lipinski definition) is 1. The molecule has 3 aromatic rings. The van der Waals surface area contributed by atoms with Gasteiger partial charge in [0, 0.05) is 28.1 Å². The summed E-state index contributed by atoms with van der Waals surface area (Å²) in [6, 6.07) is 4.66. The van der Waals surface area contributed by atoms with Crippen LogP contribution < -0.4 is 10.9 Å². The van der Waals surface area contributed by atoms with Crippen LogP contribution in [0, 0.1) is 12.7 Å². The van der Waals surface area contributed by atoms with Crippen LogP contribution in [-0.4, -0.2) is 28.2 Å². The molecule has 152 valence electrons. The Balaban J connectivity index is 1.62. The second-order valence-corrected chi connectivity index (χ2v) is 9.09. The number of nitrogens with one attached hydrogen (secondary N) is 1. The van der Waals surface area contributed by atoms with Gasteiger partial charge in [-0.05, 0) is 31.9 Å². The molecule has 1 aliphatic rings. The van der Waals surface area contributed by atoms with E-state index in [1.807, 2.05) is 0 Å². The number of aromatic nitrogens is 2. The Labute approximate surface area is 178 Å². The minimum atomic E-state index is -0.412. The number of rotatable bonds is 5. The minimum absolute atomic E-state index is 0.00987. The van der Waals surface area contributed by atoms with Crippen LogP contribution in [0.5, 0.6) is 0 Å². The molecule has 2 aromatic heterocycles. The van der Waals surface area contributed by atoms with Crippen molar-refractivity contribution < 1.29 is 13.9 Å². The maximum absolute atomic E-state index is 14.0. The first-order valence-electron chi connectivity index (χ1n) is 9.26. The van der Waals surface area contributed by atoms with Crippen LogP contribution >= 0.6 is 27.3 Å². The summed E-state index contributed by atoms with van der Waals surface area (Å²) in [4.78, 5) is 31.5. The molecule has 1 atom stereocenters. The zero-order valence-corrected chi connectivity index (χ0v) is 18.1. The van der Waals surface area contributed by atoms with Crippen LogP contribution in [0.3, 0.4) is 0 Å². The van der Waals surface area contributed by atoms with Crippen LogP contribution in [0.2, 0.25) is 0 Å². The van der Waals surface area contributed by atoms with Gasteiger partial charge in [0.05, 0.1) is 29.9 Å². The van der Waals surface area contributed by atoms with Gasteiger partial charge in [0.1, 0.15) is 10.6 Å². The number of ether oxygens (including phenoxy) is 1. The van der Waals surface area contributed by atoms with Gasteiger partial charge in [-0.15, -0.1) is 11.3 Å². The molecule has 1 aromatic carbocycles. The lowest BCUT2D eigenvalue weighted by atomic mass is 10.1. The molecule has 0 radical (unpaired) electrons. The topological polar surface area (TPSA) is 73.2 Å². The fourth-order valence-electron chi connectivity index (χ4n) is 3.48. The molecular formula is C20H19BrFN3O3S. The van der Waals surface area contributed by atoms with Gasteiger partial charge in [0.25, 0.3) is 11.5 Å². The third-order valence-electron chi connectivity index (χ3n) is 4.96. The van der Waals surface area contributed by atoms with Gasteiger partial charge in [-0.2, -0.15) is 0 Å². The fourth-order valence-corrected chi connectivity index (χ4v) is 4.79. The highest BCUT2D eigenvalue weighted by Gasteiger charge is 2.23. The van der Waals surface area contributed by atoms with Gasteiger partial charge in [0.2, 0.25) is 0 Å². The molecule has 1 aliphatic heterocycles. The molecule has 0 spiro atoms. The van der Waals surface area contributed by atoms with Crippen molar-refractivity contribution in [1.29, 1.82) is 0 Å². The van der Waals surface area contributed by atoms with Crippen LogP contribution in [0.15, 0.2) is 33.8 Å². The monoisotopic (exact) mass is 479 g/mol. The summed E-state index contributed by atoms with van der Waals surface area (Å²) in [5, 5.41) is 3.03. The Morgan fingerprint density at radius 3 is 3.03 bits per heavy atom. The highest BCUT2D eigenvalue weighted by atomic mass is 79.9. The average molecular weight is 480 g/mol. The van der Waals surface area contributed by atoms with Crippen molar-refractivity contribution in [3.05, 3.63) is 61.2 Å². The van der Waals surface area contributed by atoms with Crippen molar-refractivity contribution in [3.63, 3.8) is 0 Å². The highest BCUT2D eigenvalue weighted by Crippen LogP contribution is 2.27. The molecule has 1 N–H and O–H groups in total. The van der Waals surface area contributed by atoms with Gasteiger partial charge in [-0.3, -0.25) is 14.2 Å². The van der Waals surface area contributed by atoms with E-state index in [2.05, 4.69) is 26.2 Å². The highest BCUT2D eigenvalue weighted by molar-refractivity contribution is 9.10. The zero-order valence-electron chi connectivity index (χ0n) is 15.7. The molecule has 6 nitrogen and oxygen atoms in total. The first-order valence-corrected chi connectivity index (χ1v) is 10.9. The predicted octanol–water partition coefficient (Wildman–Crippen LogP) is 3.78. The Morgan fingerprint density at radius 1 is 1.48 bits per heavy atom. The number of fused-ring (bicyclic) bond motifs is 1. The molecule has 1 saturated heterocycles. The summed E-state index contributed by atoms with van der Waals surface area (Å²) in [5.41, 5.74) is 0.421. The molecule has 1 unspecified atom stereocenters. The maximum Gasteiger partial charge on any atom is 0.262 e. The van der Waals surface area contributed by atoms with Crippen LogP contribution in [-0.2, 0) is 17.8 Å². The fraction of sp³-hybridized carbons (Fsp3) is 0.350. The number of benzene rings is 1. The van der Waals surface area contributed by atoms with Gasteiger partial charge in [-0.25, -0.2) is 9.37 Å². The summed E-state index contributed by atoms with van der Waals surface area (Å²) in [7, 11) is 0. The summed E-state index contributed by atoms with van der Waals surface area (Å²) in [6.45, 7) is 2.93. The SMILES string of the molecule is Cc1sc2ncn(CC3CCCO3)c(=O)c2c1C(=O)NCc1ccc(Br)cc1F. The van der Waals surface area contributed by atoms with E-state index in [4.69, 9.17) is 4.74 Å². The van der Waals surface area contributed by atoms with Crippen LogP contribution in [0.25, 0.3) is 10.2 Å². The van der Waals surface area contributed by atoms with E-state index in [0.29, 0.717) is 43.8 Å². The standard InChI is InChI=1S/C20H19BrFN3O3S/c1-11-16(18(26)23-8-12-4-5-13(21)7-15(12)22)17-19(29-11)24-10-25(20(17)27)9-14-3-2-6-28-14/h4-5,7,10,14H,2-3,6,8-9H2,1H3,(H,23,26). The van der Waals surface area contributed by atoms with Crippen molar-refractivity contribution >= 4 is 43.4 Å². The Bertz CT molecular complexity index is 1140. The Hall–Kier alpha value is -2.10. The van der Waals surface area contributed by atoms with Gasteiger partial charge in [-0.1, -0.05) is 22.0 Å². The first-order chi connectivity index (χ1) is 13.9. The van der Waals surface area contributed by atoms with E-state index in [0.717, 1.165) is 12.8 Å². The lowest BCUT2D eigenvalue weighted by molar-refractivity contribution is 0.0952. The van der Waals surface area contributed by atoms with E-state index in [1.54, 1.807) is 19.1 Å². The Kier molecular flexibility index (Phi) is 5.80. The summed E-state index contributed by atoms with van der Waals surface area (Å²) in [6.07, 6.45) is 3.39. The van der Waals surface area contributed by atoms with Crippen molar-refractivity contribution in [3.8, 4) is 0 Å². The van der Waals surface area contributed by atoms with Gasteiger partial charge >= 0.3 is 0 Å². The summed E-state index contributed by atoms with van der Waals surface area (Å²) in [5.74, 6) is -0.822. The van der Waals surface area contributed by atoms with Gasteiger partial charge in [0.15, 0.2) is 0 Å². The van der Waals surface area contributed by atoms with Crippen molar-refractivity contribution in [1.82, 2.24) is 14.9 Å². The van der Waals surface area contributed by atoms with Crippen molar-refractivity contribution in [2.24, 2.45) is 0 Å². The smallest absolute Gasteiger partial charge is 0.262 e. The molecule has 1 amide bonds. The number of nitrogens with zero attached hydrogens (tertiary/aromatic N) is 2. The van der Waals surface area contributed by atoms with E-state index in [-0.39, 0.29) is 18.2 Å². The number of halogens is 2. The second-order valence-electron chi connectivity index (χ2n) is 6.97. The maximum atomic E-state index is 14.0. The van der Waals surface area contributed by atoms with Crippen molar-refractivity contribution in [2.75, 3.05) is 6.61 Å². The Morgan fingerprint density at radius 2 is 2.31 bits per heavy atom. The lowest BCUT2D eigenvalue weighted by Crippen LogP contribution is -2.29. The number of thiophene rings is 1. The number of hydrogen-bond acceptors (Lipinski definition) is 5. The molecule has 4 rings (SSSR count). The molecule has 29 heavy (non-hydrogen) atoms. The van der Waals surface area contributed by atoms with E-state index < -0.39 is 11.7 Å². The third kappa shape index (κ3) is 4.12. The molecule has 0 bridgehead atoms. The van der Waals surface area contributed by atoms with Gasteiger partial charge < -0.3 is 10.1 Å². The number of amides is 1. The molecule has 1 fully saturated rings. The average Bonchev–Trinajstić information content (AvgIpc) is 3.30. The van der Waals surface area contributed by atoms with Crippen LogP contribution in [0.1, 0.15) is 33.6 Å². The van der Waals surface area contributed by atoms with Crippen LogP contribution in [0.4, 0.5) is 4.39 Å². The lowest BCUT2D eigenvalue weighted by Gasteiger charge is -2.11. The number of carbonyl (C=O) groups is 1. The molecule has 0 saturated carbocycles. The van der Waals surface area contributed by atoms with Crippen molar-refractivity contribution in [2.45, 2.75) is 39.0 Å². The summed E-state index contributed by atoms with van der Waals surface area (Å²) < 4.78 is 21.8. The molecule has 0 aliphatic carbocycles. The number of aryl methyl sites for hydroxylation is 1.